The highest BCUT2D eigenvalue weighted by molar-refractivity contribution is 7.91. The van der Waals surface area contributed by atoms with Crippen LogP contribution in [0.1, 0.15) is 6.92 Å². The summed E-state index contributed by atoms with van der Waals surface area (Å²) in [5.74, 6) is 0.0977. The van der Waals surface area contributed by atoms with E-state index in [1.165, 1.54) is 0 Å². The van der Waals surface area contributed by atoms with Gasteiger partial charge in [-0.2, -0.15) is 5.10 Å². The Bertz CT molecular complexity index is 609. The van der Waals surface area contributed by atoms with Gasteiger partial charge in [0, 0.05) is 25.0 Å². The number of hydrogen-bond donors (Lipinski definition) is 1. The Hall–Kier alpha value is -1.66. The lowest BCUT2D eigenvalue weighted by Crippen LogP contribution is -2.34. The predicted molar refractivity (Wildman–Crippen MR) is 78.2 cm³/mol. The second-order valence-electron chi connectivity index (χ2n) is 4.72. The van der Waals surface area contributed by atoms with Crippen LogP contribution in [-0.2, 0) is 16.4 Å². The molecule has 0 amide bonds. The fraction of sp³-hybridized carbons (Fsp3) is 0.357. The van der Waals surface area contributed by atoms with Crippen LogP contribution in [0, 0.1) is 0 Å². The molecule has 2 aromatic rings. The molecule has 0 spiro atoms. The zero-order chi connectivity index (χ0) is 14.4. The number of hydrogen-bond acceptors (Lipinski definition) is 4. The summed E-state index contributed by atoms with van der Waals surface area (Å²) in [7, 11) is -3.20. The van der Waals surface area contributed by atoms with Gasteiger partial charge in [-0.15, -0.1) is 0 Å². The van der Waals surface area contributed by atoms with Gasteiger partial charge in [0.2, 0.25) is 0 Å². The van der Waals surface area contributed by atoms with Crippen LogP contribution < -0.4 is 5.32 Å². The van der Waals surface area contributed by atoms with Gasteiger partial charge in [-0.25, -0.2) is 8.42 Å². The Labute approximate surface area is 119 Å². The largest absolute Gasteiger partial charge is 0.311 e. The van der Waals surface area contributed by atoms with Gasteiger partial charge < -0.3 is 5.32 Å². The van der Waals surface area contributed by atoms with Gasteiger partial charge in [-0.3, -0.25) is 4.68 Å². The van der Waals surface area contributed by atoms with E-state index in [2.05, 4.69) is 10.4 Å². The lowest BCUT2D eigenvalue weighted by atomic mass is 10.3. The van der Waals surface area contributed by atoms with E-state index in [4.69, 9.17) is 0 Å². The van der Waals surface area contributed by atoms with Gasteiger partial charge in [-0.1, -0.05) is 18.2 Å². The van der Waals surface area contributed by atoms with Gasteiger partial charge >= 0.3 is 0 Å². The van der Waals surface area contributed by atoms with Crippen LogP contribution >= 0.6 is 0 Å². The van der Waals surface area contributed by atoms with Crippen molar-refractivity contribution in [3.8, 4) is 0 Å². The van der Waals surface area contributed by atoms with Crippen LogP contribution in [-0.4, -0.2) is 36.5 Å². The first-order valence-electron chi connectivity index (χ1n) is 6.56. The third-order valence-corrected chi connectivity index (χ3v) is 4.72. The van der Waals surface area contributed by atoms with Crippen molar-refractivity contribution in [2.24, 2.45) is 0 Å². The van der Waals surface area contributed by atoms with Crippen molar-refractivity contribution in [2.45, 2.75) is 24.4 Å². The van der Waals surface area contributed by atoms with E-state index in [-0.39, 0.29) is 11.8 Å². The summed E-state index contributed by atoms with van der Waals surface area (Å²) in [5.41, 5.74) is 0. The Balaban J connectivity index is 1.81. The van der Waals surface area contributed by atoms with Crippen molar-refractivity contribution in [3.05, 3.63) is 48.8 Å². The maximum Gasteiger partial charge on any atom is 0.179 e. The van der Waals surface area contributed by atoms with Crippen molar-refractivity contribution in [1.82, 2.24) is 15.1 Å². The third-order valence-electron chi connectivity index (χ3n) is 2.99. The molecule has 5 nitrogen and oxygen atoms in total. The Morgan fingerprint density at radius 1 is 1.25 bits per heavy atom. The maximum absolute atomic E-state index is 12.1. The molecule has 1 aromatic carbocycles. The molecule has 6 heteroatoms. The molecule has 0 aliphatic heterocycles. The molecule has 0 radical (unpaired) electrons. The van der Waals surface area contributed by atoms with Crippen molar-refractivity contribution in [1.29, 1.82) is 0 Å². The predicted octanol–water partition coefficient (Wildman–Crippen LogP) is 1.34. The second-order valence-corrected chi connectivity index (χ2v) is 6.82. The fourth-order valence-electron chi connectivity index (χ4n) is 1.94. The summed E-state index contributed by atoms with van der Waals surface area (Å²) >= 11 is 0. The summed E-state index contributed by atoms with van der Waals surface area (Å²) in [6, 6.07) is 10.6. The first-order valence-corrected chi connectivity index (χ1v) is 8.22. The minimum Gasteiger partial charge on any atom is -0.311 e. The minimum absolute atomic E-state index is 0.0977. The molecule has 108 valence electrons. The highest BCUT2D eigenvalue weighted by atomic mass is 32.2. The number of benzene rings is 1. The van der Waals surface area contributed by atoms with E-state index in [9.17, 15) is 8.42 Å². The van der Waals surface area contributed by atoms with Crippen LogP contribution in [0.3, 0.4) is 0 Å². The van der Waals surface area contributed by atoms with Crippen LogP contribution in [0.25, 0.3) is 0 Å². The molecule has 20 heavy (non-hydrogen) atoms. The molecular formula is C14H19N3O2S. The van der Waals surface area contributed by atoms with Crippen molar-refractivity contribution in [2.75, 3.05) is 12.3 Å². The first kappa shape index (κ1) is 14.7. The molecule has 0 bridgehead atoms. The van der Waals surface area contributed by atoms with Gasteiger partial charge in [0.15, 0.2) is 9.84 Å². The molecule has 1 aromatic heterocycles. The SMILES string of the molecule is C[C@@H](Cn1cccn1)NCCS(=O)(=O)c1ccccc1. The summed E-state index contributed by atoms with van der Waals surface area (Å²) in [6.45, 7) is 3.16. The van der Waals surface area contributed by atoms with Gasteiger partial charge in [0.25, 0.3) is 0 Å². The zero-order valence-corrected chi connectivity index (χ0v) is 12.3. The molecule has 1 atom stereocenters. The van der Waals surface area contributed by atoms with E-state index >= 15 is 0 Å². The van der Waals surface area contributed by atoms with E-state index in [0.29, 0.717) is 11.4 Å². The summed E-state index contributed by atoms with van der Waals surface area (Å²) < 4.78 is 26.0. The van der Waals surface area contributed by atoms with Crippen LogP contribution in [0.2, 0.25) is 0 Å². The van der Waals surface area contributed by atoms with E-state index in [0.717, 1.165) is 6.54 Å². The maximum atomic E-state index is 12.1. The van der Waals surface area contributed by atoms with E-state index < -0.39 is 9.84 Å². The van der Waals surface area contributed by atoms with Crippen LogP contribution in [0.4, 0.5) is 0 Å². The molecule has 1 N–H and O–H groups in total. The summed E-state index contributed by atoms with van der Waals surface area (Å²) in [6.07, 6.45) is 3.62. The average molecular weight is 293 g/mol. The van der Waals surface area contributed by atoms with Gasteiger partial charge in [-0.05, 0) is 25.1 Å². The topological polar surface area (TPSA) is 64.0 Å². The summed E-state index contributed by atoms with van der Waals surface area (Å²) in [5, 5.41) is 7.33. The van der Waals surface area contributed by atoms with Gasteiger partial charge in [0.1, 0.15) is 0 Å². The molecule has 0 fully saturated rings. The van der Waals surface area contributed by atoms with E-state index in [1.807, 2.05) is 29.9 Å². The number of aromatic nitrogens is 2. The zero-order valence-electron chi connectivity index (χ0n) is 11.4. The molecule has 1 heterocycles. The standard InChI is InChI=1S/C14H19N3O2S/c1-13(12-17-10-5-8-16-17)15-9-11-20(18,19)14-6-3-2-4-7-14/h2-8,10,13,15H,9,11-12H2,1H3/t13-/m0/s1. The third kappa shape index (κ3) is 4.18. The average Bonchev–Trinajstić information content (AvgIpc) is 2.92. The number of nitrogens with one attached hydrogen (secondary N) is 1. The Morgan fingerprint density at radius 3 is 2.65 bits per heavy atom. The number of nitrogens with zero attached hydrogens (tertiary/aromatic N) is 2. The fourth-order valence-corrected chi connectivity index (χ4v) is 3.13. The lowest BCUT2D eigenvalue weighted by molar-refractivity contribution is 0.461. The molecule has 0 aliphatic carbocycles. The molecule has 0 saturated carbocycles. The van der Waals surface area contributed by atoms with Crippen molar-refractivity contribution >= 4 is 9.84 Å². The number of rotatable bonds is 7. The highest BCUT2D eigenvalue weighted by Crippen LogP contribution is 2.09. The monoisotopic (exact) mass is 293 g/mol. The first-order chi connectivity index (χ1) is 9.58. The smallest absolute Gasteiger partial charge is 0.179 e. The normalized spacial score (nSPS) is 13.2. The van der Waals surface area contributed by atoms with Crippen LogP contribution in [0.5, 0.6) is 0 Å². The lowest BCUT2D eigenvalue weighted by Gasteiger charge is -2.14. The Kier molecular flexibility index (Phi) is 4.92. The molecule has 0 saturated heterocycles. The molecular weight excluding hydrogens is 274 g/mol. The quantitative estimate of drug-likeness (QED) is 0.836. The molecule has 0 aliphatic rings. The van der Waals surface area contributed by atoms with Crippen LogP contribution in [0.15, 0.2) is 53.7 Å². The second kappa shape index (κ2) is 6.67. The minimum atomic E-state index is -3.20. The molecule has 2 rings (SSSR count). The Morgan fingerprint density at radius 2 is 2.00 bits per heavy atom. The highest BCUT2D eigenvalue weighted by Gasteiger charge is 2.13. The molecule has 0 unspecified atom stereocenters. The van der Waals surface area contributed by atoms with Crippen molar-refractivity contribution < 1.29 is 8.42 Å². The van der Waals surface area contributed by atoms with Gasteiger partial charge in [0.05, 0.1) is 17.2 Å². The van der Waals surface area contributed by atoms with E-state index in [1.54, 1.807) is 30.5 Å². The van der Waals surface area contributed by atoms with Crippen molar-refractivity contribution in [3.63, 3.8) is 0 Å². The number of sulfone groups is 1. The summed E-state index contributed by atoms with van der Waals surface area (Å²) in [4.78, 5) is 0.376.